The molecule has 0 spiro atoms. The lowest BCUT2D eigenvalue weighted by atomic mass is 10.1. The molecule has 2 aliphatic rings. The number of benzene rings is 3. The van der Waals surface area contributed by atoms with E-state index in [1.54, 1.807) is 42.5 Å². The second-order valence-electron chi connectivity index (χ2n) is 7.11. The number of hydrogen-bond acceptors (Lipinski definition) is 5. The maximum atomic E-state index is 13.7. The van der Waals surface area contributed by atoms with Crippen molar-refractivity contribution in [2.24, 2.45) is 10.2 Å². The predicted octanol–water partition coefficient (Wildman–Crippen LogP) is 4.80. The topological polar surface area (TPSA) is 74.1 Å². The van der Waals surface area contributed by atoms with Gasteiger partial charge in [0.1, 0.15) is 11.6 Å². The molecule has 2 aliphatic heterocycles. The van der Waals surface area contributed by atoms with Gasteiger partial charge < -0.3 is 5.32 Å². The van der Waals surface area contributed by atoms with Crippen LogP contribution in [0.1, 0.15) is 11.1 Å². The van der Waals surface area contributed by atoms with Crippen molar-refractivity contribution in [2.75, 3.05) is 10.2 Å². The minimum Gasteiger partial charge on any atom is -0.320 e. The molecule has 0 radical (unpaired) electrons. The van der Waals surface area contributed by atoms with Crippen molar-refractivity contribution in [3.05, 3.63) is 100 Å². The SMILES string of the molecule is O=C1Nc2ccc(F)cc2C1=NN=C1SC(=Cc2ccc(F)cc2)C(=O)N1c1ccccc1. The normalized spacial score (nSPS) is 19.0. The highest BCUT2D eigenvalue weighted by Crippen LogP contribution is 2.36. The minimum absolute atomic E-state index is 0.0472. The van der Waals surface area contributed by atoms with E-state index in [9.17, 15) is 18.4 Å². The van der Waals surface area contributed by atoms with E-state index in [2.05, 4.69) is 15.5 Å². The second kappa shape index (κ2) is 8.44. The van der Waals surface area contributed by atoms with E-state index in [0.717, 1.165) is 11.8 Å². The summed E-state index contributed by atoms with van der Waals surface area (Å²) >= 11 is 1.07. The number of carbonyl (C=O) groups is 2. The van der Waals surface area contributed by atoms with Gasteiger partial charge in [-0.2, -0.15) is 0 Å². The summed E-state index contributed by atoms with van der Waals surface area (Å²) in [5, 5.41) is 11.1. The average molecular weight is 460 g/mol. The Morgan fingerprint density at radius 3 is 2.36 bits per heavy atom. The van der Waals surface area contributed by atoms with Crippen molar-refractivity contribution in [1.82, 2.24) is 0 Å². The van der Waals surface area contributed by atoms with E-state index >= 15 is 0 Å². The molecule has 2 heterocycles. The monoisotopic (exact) mass is 460 g/mol. The van der Waals surface area contributed by atoms with Gasteiger partial charge in [0.05, 0.1) is 16.3 Å². The summed E-state index contributed by atoms with van der Waals surface area (Å²) in [6.07, 6.45) is 1.63. The van der Waals surface area contributed by atoms with Crippen LogP contribution in [-0.4, -0.2) is 22.7 Å². The molecule has 2 amide bonds. The number of carbonyl (C=O) groups excluding carboxylic acids is 2. The van der Waals surface area contributed by atoms with Crippen molar-refractivity contribution < 1.29 is 18.4 Å². The summed E-state index contributed by atoms with van der Waals surface area (Å²) in [6, 6.07) is 18.5. The summed E-state index contributed by atoms with van der Waals surface area (Å²) in [4.78, 5) is 27.3. The van der Waals surface area contributed by atoms with E-state index in [-0.39, 0.29) is 22.6 Å². The zero-order valence-electron chi connectivity index (χ0n) is 16.8. The molecule has 6 nitrogen and oxygen atoms in total. The number of fused-ring (bicyclic) bond motifs is 1. The molecule has 162 valence electrons. The van der Waals surface area contributed by atoms with E-state index < -0.39 is 11.7 Å². The first-order valence-corrected chi connectivity index (χ1v) is 10.6. The van der Waals surface area contributed by atoms with E-state index in [0.29, 0.717) is 27.4 Å². The molecule has 3 aromatic rings. The fourth-order valence-electron chi connectivity index (χ4n) is 3.37. The molecule has 3 aromatic carbocycles. The Morgan fingerprint density at radius 2 is 1.61 bits per heavy atom. The van der Waals surface area contributed by atoms with E-state index in [4.69, 9.17) is 0 Å². The Morgan fingerprint density at radius 1 is 0.879 bits per heavy atom. The number of amidine groups is 1. The second-order valence-corrected chi connectivity index (χ2v) is 8.12. The molecule has 0 unspecified atom stereocenters. The van der Waals surface area contributed by atoms with Gasteiger partial charge in [-0.3, -0.25) is 14.5 Å². The summed E-state index contributed by atoms with van der Waals surface area (Å²) in [6.45, 7) is 0. The molecule has 0 aliphatic carbocycles. The first kappa shape index (κ1) is 20.8. The van der Waals surface area contributed by atoms with Crippen molar-refractivity contribution in [3.8, 4) is 0 Å². The van der Waals surface area contributed by atoms with Crippen LogP contribution in [0, 0.1) is 11.6 Å². The largest absolute Gasteiger partial charge is 0.320 e. The number of nitrogens with one attached hydrogen (secondary N) is 1. The molecule has 0 saturated carbocycles. The Balaban J connectivity index is 1.56. The summed E-state index contributed by atoms with van der Waals surface area (Å²) < 4.78 is 26.9. The van der Waals surface area contributed by atoms with Crippen LogP contribution in [0.3, 0.4) is 0 Å². The average Bonchev–Trinajstić information content (AvgIpc) is 3.29. The van der Waals surface area contributed by atoms with Crippen molar-refractivity contribution in [2.45, 2.75) is 0 Å². The van der Waals surface area contributed by atoms with Crippen LogP contribution >= 0.6 is 11.8 Å². The molecular formula is C24H14F2N4O2S. The van der Waals surface area contributed by atoms with Crippen molar-refractivity contribution >= 4 is 51.9 Å². The van der Waals surface area contributed by atoms with Crippen LogP contribution in [-0.2, 0) is 9.59 Å². The van der Waals surface area contributed by atoms with Crippen LogP contribution in [0.4, 0.5) is 20.2 Å². The zero-order chi connectivity index (χ0) is 22.9. The predicted molar refractivity (Wildman–Crippen MR) is 125 cm³/mol. The van der Waals surface area contributed by atoms with Crippen LogP contribution < -0.4 is 10.2 Å². The quantitative estimate of drug-likeness (QED) is 0.451. The number of amides is 2. The molecule has 5 rings (SSSR count). The standard InChI is InChI=1S/C24H14F2N4O2S/c25-15-8-6-14(7-9-15)12-20-23(32)30(17-4-2-1-3-5-17)24(33-20)29-28-21-18-13-16(26)10-11-19(18)27-22(21)31/h1-13H,(H,27,28,31). The molecule has 1 fully saturated rings. The van der Waals surface area contributed by atoms with Gasteiger partial charge in [-0.15, -0.1) is 10.2 Å². The van der Waals surface area contributed by atoms with Crippen molar-refractivity contribution in [3.63, 3.8) is 0 Å². The fourth-order valence-corrected chi connectivity index (χ4v) is 4.31. The maximum absolute atomic E-state index is 13.7. The van der Waals surface area contributed by atoms with Gasteiger partial charge in [0.15, 0.2) is 5.71 Å². The number of nitrogens with zero attached hydrogens (tertiary/aromatic N) is 3. The molecule has 0 bridgehead atoms. The Kier molecular flexibility index (Phi) is 5.31. The Bertz CT molecular complexity index is 1370. The van der Waals surface area contributed by atoms with Crippen molar-refractivity contribution in [1.29, 1.82) is 0 Å². The highest BCUT2D eigenvalue weighted by atomic mass is 32.2. The van der Waals surface area contributed by atoms with Crippen LogP contribution in [0.2, 0.25) is 0 Å². The first-order valence-electron chi connectivity index (χ1n) is 9.81. The molecule has 0 atom stereocenters. The van der Waals surface area contributed by atoms with Gasteiger partial charge in [-0.1, -0.05) is 30.3 Å². The molecule has 9 heteroatoms. The number of rotatable bonds is 3. The summed E-state index contributed by atoms with van der Waals surface area (Å²) in [5.74, 6) is -1.73. The molecule has 1 N–H and O–H groups in total. The number of hydrogen-bond donors (Lipinski definition) is 1. The highest BCUT2D eigenvalue weighted by Gasteiger charge is 2.35. The number of anilines is 2. The highest BCUT2D eigenvalue weighted by molar-refractivity contribution is 8.19. The molecular weight excluding hydrogens is 446 g/mol. The number of thioether (sulfide) groups is 1. The van der Waals surface area contributed by atoms with Gasteiger partial charge in [0.25, 0.3) is 11.8 Å². The lowest BCUT2D eigenvalue weighted by Crippen LogP contribution is -2.28. The van der Waals surface area contributed by atoms with Gasteiger partial charge in [-0.25, -0.2) is 8.78 Å². The van der Waals surface area contributed by atoms with Gasteiger partial charge in [0, 0.05) is 5.56 Å². The fraction of sp³-hybridized carbons (Fsp3) is 0. The third kappa shape index (κ3) is 4.06. The van der Waals surface area contributed by atoms with Crippen LogP contribution in [0.25, 0.3) is 6.08 Å². The summed E-state index contributed by atoms with van der Waals surface area (Å²) in [5.41, 5.74) is 1.90. The molecule has 0 aromatic heterocycles. The Labute approximate surface area is 191 Å². The van der Waals surface area contributed by atoms with E-state index in [1.807, 2.05) is 6.07 Å². The van der Waals surface area contributed by atoms with Gasteiger partial charge in [-0.05, 0) is 65.9 Å². The first-order chi connectivity index (χ1) is 16.0. The lowest BCUT2D eigenvalue weighted by molar-refractivity contribution is -0.113. The maximum Gasteiger partial charge on any atom is 0.276 e. The van der Waals surface area contributed by atoms with Crippen LogP contribution in [0.15, 0.2) is 87.9 Å². The van der Waals surface area contributed by atoms with E-state index in [1.165, 1.54) is 35.2 Å². The third-order valence-corrected chi connectivity index (χ3v) is 5.88. The summed E-state index contributed by atoms with van der Waals surface area (Å²) in [7, 11) is 0. The number of para-hydroxylation sites is 1. The van der Waals surface area contributed by atoms with Gasteiger partial charge in [0.2, 0.25) is 5.17 Å². The smallest absolute Gasteiger partial charge is 0.276 e. The van der Waals surface area contributed by atoms with Crippen LogP contribution in [0.5, 0.6) is 0 Å². The molecule has 1 saturated heterocycles. The molecule has 33 heavy (non-hydrogen) atoms. The lowest BCUT2D eigenvalue weighted by Gasteiger charge is -2.14. The number of halogens is 2. The minimum atomic E-state index is -0.511. The Hall–Kier alpha value is -4.11. The third-order valence-electron chi connectivity index (χ3n) is 4.92. The zero-order valence-corrected chi connectivity index (χ0v) is 17.6. The van der Waals surface area contributed by atoms with Gasteiger partial charge >= 0.3 is 0 Å².